The molecule has 0 aliphatic rings. The van der Waals surface area contributed by atoms with Crippen LogP contribution in [-0.4, -0.2) is 7.11 Å². The molecule has 20 heavy (non-hydrogen) atoms. The van der Waals surface area contributed by atoms with E-state index in [1.807, 2.05) is 18.2 Å². The van der Waals surface area contributed by atoms with Gasteiger partial charge in [-0.1, -0.05) is 15.9 Å². The van der Waals surface area contributed by atoms with Gasteiger partial charge in [-0.15, -0.1) is 0 Å². The van der Waals surface area contributed by atoms with Gasteiger partial charge in [-0.25, -0.2) is 4.39 Å². The zero-order valence-corrected chi connectivity index (χ0v) is 12.3. The molecule has 3 nitrogen and oxygen atoms in total. The number of halogens is 2. The summed E-state index contributed by atoms with van der Waals surface area (Å²) < 4.78 is 25.2. The SMILES string of the molecule is COc1ccc(Br)cc1COc1ccc(C#N)cc1F. The van der Waals surface area contributed by atoms with Crippen molar-refractivity contribution in [3.05, 3.63) is 57.8 Å². The van der Waals surface area contributed by atoms with Gasteiger partial charge in [-0.3, -0.25) is 0 Å². The minimum atomic E-state index is -0.557. The second kappa shape index (κ2) is 6.40. The largest absolute Gasteiger partial charge is 0.496 e. The highest BCUT2D eigenvalue weighted by Gasteiger charge is 2.08. The molecule has 0 N–H and O–H groups in total. The van der Waals surface area contributed by atoms with Gasteiger partial charge in [0.15, 0.2) is 11.6 Å². The first-order chi connectivity index (χ1) is 9.63. The van der Waals surface area contributed by atoms with E-state index in [1.54, 1.807) is 13.2 Å². The molecule has 0 amide bonds. The Morgan fingerprint density at radius 3 is 2.60 bits per heavy atom. The molecule has 0 atom stereocenters. The van der Waals surface area contributed by atoms with E-state index in [0.29, 0.717) is 5.75 Å². The average Bonchev–Trinajstić information content (AvgIpc) is 2.46. The van der Waals surface area contributed by atoms with Gasteiger partial charge in [-0.05, 0) is 36.4 Å². The molecule has 5 heteroatoms. The fourth-order valence-corrected chi connectivity index (χ4v) is 2.11. The van der Waals surface area contributed by atoms with Gasteiger partial charge in [0, 0.05) is 10.0 Å². The Kier molecular flexibility index (Phi) is 4.59. The third-order valence-corrected chi connectivity index (χ3v) is 3.18. The maximum absolute atomic E-state index is 13.7. The van der Waals surface area contributed by atoms with E-state index in [1.165, 1.54) is 12.1 Å². The number of rotatable bonds is 4. The second-order valence-corrected chi connectivity index (χ2v) is 4.92. The van der Waals surface area contributed by atoms with Crippen LogP contribution in [0.15, 0.2) is 40.9 Å². The lowest BCUT2D eigenvalue weighted by Gasteiger charge is -2.11. The summed E-state index contributed by atoms with van der Waals surface area (Å²) in [6, 6.07) is 11.5. The molecular formula is C15H11BrFNO2. The van der Waals surface area contributed by atoms with Crippen LogP contribution in [0, 0.1) is 17.1 Å². The van der Waals surface area contributed by atoms with Crippen molar-refractivity contribution < 1.29 is 13.9 Å². The fraction of sp³-hybridized carbons (Fsp3) is 0.133. The Labute approximate surface area is 124 Å². The molecule has 0 heterocycles. The number of nitrogens with zero attached hydrogens (tertiary/aromatic N) is 1. The molecule has 0 spiro atoms. The predicted molar refractivity (Wildman–Crippen MR) is 76.1 cm³/mol. The molecule has 0 radical (unpaired) electrons. The first-order valence-corrected chi connectivity index (χ1v) is 6.58. The molecule has 0 bridgehead atoms. The molecule has 0 fully saturated rings. The van der Waals surface area contributed by atoms with Crippen molar-refractivity contribution in [3.63, 3.8) is 0 Å². The first-order valence-electron chi connectivity index (χ1n) is 5.79. The molecule has 102 valence electrons. The summed E-state index contributed by atoms with van der Waals surface area (Å²) in [7, 11) is 1.56. The zero-order chi connectivity index (χ0) is 14.5. The Morgan fingerprint density at radius 2 is 1.95 bits per heavy atom. The third-order valence-electron chi connectivity index (χ3n) is 2.69. The summed E-state index contributed by atoms with van der Waals surface area (Å²) >= 11 is 3.36. The van der Waals surface area contributed by atoms with E-state index >= 15 is 0 Å². The number of hydrogen-bond donors (Lipinski definition) is 0. The van der Waals surface area contributed by atoms with Crippen LogP contribution in [0.3, 0.4) is 0 Å². The monoisotopic (exact) mass is 335 g/mol. The van der Waals surface area contributed by atoms with E-state index < -0.39 is 5.82 Å². The van der Waals surface area contributed by atoms with Crippen molar-refractivity contribution in [2.24, 2.45) is 0 Å². The second-order valence-electron chi connectivity index (χ2n) is 4.00. The van der Waals surface area contributed by atoms with Crippen LogP contribution in [0.25, 0.3) is 0 Å². The van der Waals surface area contributed by atoms with Gasteiger partial charge in [0.2, 0.25) is 0 Å². The summed E-state index contributed by atoms with van der Waals surface area (Å²) in [4.78, 5) is 0. The number of nitriles is 1. The Hall–Kier alpha value is -2.06. The lowest BCUT2D eigenvalue weighted by atomic mass is 10.2. The lowest BCUT2D eigenvalue weighted by molar-refractivity contribution is 0.282. The van der Waals surface area contributed by atoms with Crippen LogP contribution >= 0.6 is 15.9 Å². The van der Waals surface area contributed by atoms with Crippen molar-refractivity contribution in [1.82, 2.24) is 0 Å². The van der Waals surface area contributed by atoms with Crippen molar-refractivity contribution in [1.29, 1.82) is 5.26 Å². The molecule has 0 saturated heterocycles. The summed E-state index contributed by atoms with van der Waals surface area (Å²) in [6.45, 7) is 0.172. The minimum Gasteiger partial charge on any atom is -0.496 e. The maximum Gasteiger partial charge on any atom is 0.166 e. The van der Waals surface area contributed by atoms with Gasteiger partial charge in [0.25, 0.3) is 0 Å². The molecule has 0 unspecified atom stereocenters. The number of benzene rings is 2. The van der Waals surface area contributed by atoms with Gasteiger partial charge < -0.3 is 9.47 Å². The van der Waals surface area contributed by atoms with Crippen LogP contribution in [0.1, 0.15) is 11.1 Å². The standard InChI is InChI=1S/C15H11BrFNO2/c1-19-14-5-3-12(16)7-11(14)9-20-15-4-2-10(8-18)6-13(15)17/h2-7H,9H2,1H3. The predicted octanol–water partition coefficient (Wildman–Crippen LogP) is 4.05. The molecule has 0 aromatic heterocycles. The molecule has 2 aromatic rings. The van der Waals surface area contributed by atoms with Crippen molar-refractivity contribution >= 4 is 15.9 Å². The van der Waals surface area contributed by atoms with Gasteiger partial charge in [0.1, 0.15) is 12.4 Å². The maximum atomic E-state index is 13.7. The summed E-state index contributed by atoms with van der Waals surface area (Å²) in [5, 5.41) is 8.68. The van der Waals surface area contributed by atoms with E-state index in [9.17, 15) is 4.39 Å². The molecule has 0 aliphatic heterocycles. The fourth-order valence-electron chi connectivity index (χ4n) is 1.70. The third kappa shape index (κ3) is 3.28. The van der Waals surface area contributed by atoms with Crippen LogP contribution in [0.4, 0.5) is 4.39 Å². The van der Waals surface area contributed by atoms with Crippen LogP contribution in [0.5, 0.6) is 11.5 Å². The van der Waals surface area contributed by atoms with Gasteiger partial charge >= 0.3 is 0 Å². The lowest BCUT2D eigenvalue weighted by Crippen LogP contribution is -2.00. The molecule has 0 saturated carbocycles. The van der Waals surface area contributed by atoms with Crippen molar-refractivity contribution in [3.8, 4) is 17.6 Å². The van der Waals surface area contributed by atoms with E-state index in [-0.39, 0.29) is 17.9 Å². The Morgan fingerprint density at radius 1 is 1.20 bits per heavy atom. The van der Waals surface area contributed by atoms with Crippen molar-refractivity contribution in [2.45, 2.75) is 6.61 Å². The summed E-state index contributed by atoms with van der Waals surface area (Å²) in [5.74, 6) is 0.214. The average molecular weight is 336 g/mol. The molecule has 0 aliphatic carbocycles. The number of ether oxygens (including phenoxy) is 2. The highest BCUT2D eigenvalue weighted by atomic mass is 79.9. The Balaban J connectivity index is 2.17. The molecule has 2 rings (SSSR count). The quantitative estimate of drug-likeness (QED) is 0.846. The molecule has 2 aromatic carbocycles. The topological polar surface area (TPSA) is 42.2 Å². The highest BCUT2D eigenvalue weighted by molar-refractivity contribution is 9.10. The Bertz CT molecular complexity index is 667. The van der Waals surface area contributed by atoms with E-state index in [0.717, 1.165) is 16.1 Å². The van der Waals surface area contributed by atoms with E-state index in [4.69, 9.17) is 14.7 Å². The summed E-state index contributed by atoms with van der Waals surface area (Å²) in [5.41, 5.74) is 1.06. The number of methoxy groups -OCH3 is 1. The zero-order valence-electron chi connectivity index (χ0n) is 10.7. The minimum absolute atomic E-state index is 0.103. The normalized spacial score (nSPS) is 9.90. The van der Waals surface area contributed by atoms with Crippen LogP contribution < -0.4 is 9.47 Å². The summed E-state index contributed by atoms with van der Waals surface area (Å²) in [6.07, 6.45) is 0. The smallest absolute Gasteiger partial charge is 0.166 e. The first kappa shape index (κ1) is 14.4. The van der Waals surface area contributed by atoms with Crippen molar-refractivity contribution in [2.75, 3.05) is 7.11 Å². The van der Waals surface area contributed by atoms with E-state index in [2.05, 4.69) is 15.9 Å². The van der Waals surface area contributed by atoms with Gasteiger partial charge in [-0.2, -0.15) is 5.26 Å². The number of hydrogen-bond acceptors (Lipinski definition) is 3. The van der Waals surface area contributed by atoms with Gasteiger partial charge in [0.05, 0.1) is 18.7 Å². The highest BCUT2D eigenvalue weighted by Crippen LogP contribution is 2.25. The van der Waals surface area contributed by atoms with Crippen LogP contribution in [0.2, 0.25) is 0 Å². The van der Waals surface area contributed by atoms with Crippen LogP contribution in [-0.2, 0) is 6.61 Å². The molecular weight excluding hydrogens is 325 g/mol.